The quantitative estimate of drug-likeness (QED) is 0.446. The molecule has 2 rings (SSSR count). The molecule has 0 bridgehead atoms. The third-order valence-corrected chi connectivity index (χ3v) is 4.46. The molecule has 0 aliphatic heterocycles. The smallest absolute Gasteiger partial charge is 0.253 e. The average molecular weight is 419 g/mol. The lowest BCUT2D eigenvalue weighted by molar-refractivity contribution is -0.124. The Kier molecular flexibility index (Phi) is 9.36. The normalized spacial score (nSPS) is 11.1. The van der Waals surface area contributed by atoms with Crippen LogP contribution in [0.25, 0.3) is 0 Å². The van der Waals surface area contributed by atoms with Crippen molar-refractivity contribution in [3.8, 4) is 0 Å². The Balaban J connectivity index is 2.04. The van der Waals surface area contributed by atoms with Crippen LogP contribution in [0.1, 0.15) is 54.2 Å². The van der Waals surface area contributed by atoms with Crippen LogP contribution in [0.15, 0.2) is 67.2 Å². The highest BCUT2D eigenvalue weighted by Gasteiger charge is 2.09. The van der Waals surface area contributed by atoms with Gasteiger partial charge in [-0.25, -0.2) is 0 Å². The lowest BCUT2D eigenvalue weighted by Crippen LogP contribution is -2.28. The SMILES string of the molecule is C/C=C\N(Cc1ccc(Cc2cncc(C(=O)NCC(C)=N)c2)cc1)C(=O)/C=C/CC. The Morgan fingerprint density at radius 2 is 1.84 bits per heavy atom. The minimum atomic E-state index is -0.234. The highest BCUT2D eigenvalue weighted by Crippen LogP contribution is 2.14. The number of carbonyl (C=O) groups is 2. The number of amides is 2. The molecule has 2 N–H and O–H groups in total. The van der Waals surface area contributed by atoms with E-state index in [2.05, 4.69) is 10.3 Å². The molecule has 0 fully saturated rings. The maximum Gasteiger partial charge on any atom is 0.253 e. The van der Waals surface area contributed by atoms with Crippen molar-refractivity contribution >= 4 is 17.5 Å². The predicted molar refractivity (Wildman–Crippen MR) is 124 cm³/mol. The number of nitrogens with zero attached hydrogens (tertiary/aromatic N) is 2. The van der Waals surface area contributed by atoms with E-state index in [-0.39, 0.29) is 18.4 Å². The van der Waals surface area contributed by atoms with Crippen LogP contribution in [-0.2, 0) is 17.8 Å². The van der Waals surface area contributed by atoms with Gasteiger partial charge in [0.15, 0.2) is 0 Å². The van der Waals surface area contributed by atoms with Gasteiger partial charge in [0.1, 0.15) is 0 Å². The molecule has 2 aromatic rings. The molecule has 2 amide bonds. The van der Waals surface area contributed by atoms with Crippen LogP contribution in [0.4, 0.5) is 0 Å². The molecule has 31 heavy (non-hydrogen) atoms. The van der Waals surface area contributed by atoms with Crippen LogP contribution in [0.5, 0.6) is 0 Å². The third-order valence-electron chi connectivity index (χ3n) is 4.46. The summed E-state index contributed by atoms with van der Waals surface area (Å²) in [6.45, 7) is 6.26. The van der Waals surface area contributed by atoms with E-state index in [1.165, 1.54) is 6.20 Å². The first-order chi connectivity index (χ1) is 14.9. The number of pyridine rings is 1. The molecular formula is C25H30N4O2. The van der Waals surface area contributed by atoms with Crippen LogP contribution < -0.4 is 5.32 Å². The van der Waals surface area contributed by atoms with Crippen molar-refractivity contribution in [1.82, 2.24) is 15.2 Å². The van der Waals surface area contributed by atoms with E-state index in [0.29, 0.717) is 24.2 Å². The second-order valence-corrected chi connectivity index (χ2v) is 7.30. The lowest BCUT2D eigenvalue weighted by atomic mass is 10.0. The Labute approximate surface area is 184 Å². The summed E-state index contributed by atoms with van der Waals surface area (Å²) in [4.78, 5) is 30.4. The Morgan fingerprint density at radius 1 is 1.13 bits per heavy atom. The second kappa shape index (κ2) is 12.2. The fraction of sp³-hybridized carbons (Fsp3) is 0.280. The number of hydrogen-bond acceptors (Lipinski definition) is 4. The van der Waals surface area contributed by atoms with Gasteiger partial charge in [0, 0.05) is 24.3 Å². The minimum Gasteiger partial charge on any atom is -0.347 e. The number of benzene rings is 1. The largest absolute Gasteiger partial charge is 0.347 e. The van der Waals surface area contributed by atoms with Crippen molar-refractivity contribution in [2.45, 2.75) is 40.2 Å². The van der Waals surface area contributed by atoms with Crippen molar-refractivity contribution in [1.29, 1.82) is 5.41 Å². The number of nitrogens with one attached hydrogen (secondary N) is 2. The summed E-state index contributed by atoms with van der Waals surface area (Å²) in [5.74, 6) is -0.273. The van der Waals surface area contributed by atoms with E-state index >= 15 is 0 Å². The molecule has 0 atom stereocenters. The molecule has 1 aromatic heterocycles. The number of rotatable bonds is 10. The topological polar surface area (TPSA) is 86.2 Å². The first-order valence-corrected chi connectivity index (χ1v) is 10.4. The maximum atomic E-state index is 12.3. The van der Waals surface area contributed by atoms with Gasteiger partial charge >= 0.3 is 0 Å². The molecule has 0 saturated carbocycles. The molecular weight excluding hydrogens is 388 g/mol. The molecule has 0 unspecified atom stereocenters. The van der Waals surface area contributed by atoms with E-state index in [4.69, 9.17) is 5.41 Å². The van der Waals surface area contributed by atoms with Gasteiger partial charge in [-0.2, -0.15) is 0 Å². The summed E-state index contributed by atoms with van der Waals surface area (Å²) in [7, 11) is 0. The van der Waals surface area contributed by atoms with Gasteiger partial charge in [0.25, 0.3) is 5.91 Å². The van der Waals surface area contributed by atoms with E-state index in [0.717, 1.165) is 23.1 Å². The molecule has 1 heterocycles. The molecule has 1 aromatic carbocycles. The fourth-order valence-corrected chi connectivity index (χ4v) is 2.92. The summed E-state index contributed by atoms with van der Waals surface area (Å²) in [6, 6.07) is 9.91. The molecule has 0 spiro atoms. The van der Waals surface area contributed by atoms with Gasteiger partial charge in [-0.1, -0.05) is 43.3 Å². The summed E-state index contributed by atoms with van der Waals surface area (Å²) in [6.07, 6.45) is 11.9. The molecule has 6 nitrogen and oxygen atoms in total. The summed E-state index contributed by atoms with van der Waals surface area (Å²) < 4.78 is 0. The Bertz CT molecular complexity index is 962. The van der Waals surface area contributed by atoms with Crippen LogP contribution >= 0.6 is 0 Å². The average Bonchev–Trinajstić information content (AvgIpc) is 2.77. The second-order valence-electron chi connectivity index (χ2n) is 7.30. The van der Waals surface area contributed by atoms with Crippen LogP contribution in [-0.4, -0.2) is 34.0 Å². The lowest BCUT2D eigenvalue weighted by Gasteiger charge is -2.17. The Hall–Kier alpha value is -3.54. The minimum absolute atomic E-state index is 0.0385. The zero-order valence-electron chi connectivity index (χ0n) is 18.4. The first-order valence-electron chi connectivity index (χ1n) is 10.4. The van der Waals surface area contributed by atoms with Gasteiger partial charge in [-0.05, 0) is 55.5 Å². The van der Waals surface area contributed by atoms with E-state index in [1.54, 1.807) is 30.3 Å². The summed E-state index contributed by atoms with van der Waals surface area (Å²) >= 11 is 0. The summed E-state index contributed by atoms with van der Waals surface area (Å²) in [5, 5.41) is 10.1. The highest BCUT2D eigenvalue weighted by molar-refractivity contribution is 5.96. The van der Waals surface area contributed by atoms with Crippen molar-refractivity contribution in [3.63, 3.8) is 0 Å². The molecule has 0 aliphatic carbocycles. The van der Waals surface area contributed by atoms with Gasteiger partial charge in [0.2, 0.25) is 5.91 Å². The number of aromatic nitrogens is 1. The summed E-state index contributed by atoms with van der Waals surface area (Å²) in [5.41, 5.74) is 3.94. The number of allylic oxidation sites excluding steroid dienone is 2. The third kappa shape index (κ3) is 8.01. The molecule has 0 saturated heterocycles. The van der Waals surface area contributed by atoms with Crippen LogP contribution in [0, 0.1) is 5.41 Å². The maximum absolute atomic E-state index is 12.3. The molecule has 0 aliphatic rings. The zero-order chi connectivity index (χ0) is 22.6. The highest BCUT2D eigenvalue weighted by atomic mass is 16.2. The first kappa shape index (κ1) is 23.7. The number of hydrogen-bond donors (Lipinski definition) is 2. The standard InChI is InChI=1S/C25H30N4O2/c1-4-6-7-24(30)29(12-5-2)18-21-10-8-20(9-11-21)13-22-14-23(17-27-16-22)25(31)28-15-19(3)26/h5-12,14,16-17,26H,4,13,15,18H2,1-3H3,(H,28,31)/b7-6+,12-5-,26-19?. The van der Waals surface area contributed by atoms with E-state index in [9.17, 15) is 9.59 Å². The fourth-order valence-electron chi connectivity index (χ4n) is 2.92. The van der Waals surface area contributed by atoms with Crippen molar-refractivity contribution < 1.29 is 9.59 Å². The van der Waals surface area contributed by atoms with Gasteiger partial charge in [-0.15, -0.1) is 0 Å². The monoisotopic (exact) mass is 418 g/mol. The molecule has 6 heteroatoms. The zero-order valence-corrected chi connectivity index (χ0v) is 18.4. The van der Waals surface area contributed by atoms with Gasteiger partial charge in [0.05, 0.1) is 18.7 Å². The number of carbonyl (C=O) groups excluding carboxylic acids is 2. The molecule has 0 radical (unpaired) electrons. The van der Waals surface area contributed by atoms with Crippen LogP contribution in [0.2, 0.25) is 0 Å². The van der Waals surface area contributed by atoms with Gasteiger partial charge in [-0.3, -0.25) is 14.6 Å². The van der Waals surface area contributed by atoms with E-state index < -0.39 is 0 Å². The van der Waals surface area contributed by atoms with Crippen molar-refractivity contribution in [3.05, 3.63) is 89.4 Å². The van der Waals surface area contributed by atoms with Crippen molar-refractivity contribution in [2.75, 3.05) is 6.54 Å². The van der Waals surface area contributed by atoms with Gasteiger partial charge < -0.3 is 15.6 Å². The Morgan fingerprint density at radius 3 is 2.48 bits per heavy atom. The predicted octanol–water partition coefficient (Wildman–Crippen LogP) is 4.27. The van der Waals surface area contributed by atoms with E-state index in [1.807, 2.05) is 56.3 Å². The molecule has 162 valence electrons. The van der Waals surface area contributed by atoms with Crippen LogP contribution in [0.3, 0.4) is 0 Å². The van der Waals surface area contributed by atoms with Crippen molar-refractivity contribution in [2.24, 2.45) is 0 Å².